The Kier molecular flexibility index (Phi) is 7.21. The second-order valence-corrected chi connectivity index (χ2v) is 11.5. The zero-order valence-corrected chi connectivity index (χ0v) is 24.0. The fourth-order valence-corrected chi connectivity index (χ4v) is 6.41. The highest BCUT2D eigenvalue weighted by Crippen LogP contribution is 2.48. The molecule has 0 amide bonds. The number of aryl methyl sites for hydroxylation is 1. The van der Waals surface area contributed by atoms with Gasteiger partial charge in [0.25, 0.3) is 0 Å². The van der Waals surface area contributed by atoms with Gasteiger partial charge in [0.2, 0.25) is 0 Å². The van der Waals surface area contributed by atoms with Gasteiger partial charge in [-0.15, -0.1) is 0 Å². The lowest BCUT2D eigenvalue weighted by molar-refractivity contribution is 0.596. The Labute approximate surface area is 250 Å². The molecule has 204 valence electrons. The summed E-state index contributed by atoms with van der Waals surface area (Å²) in [6.45, 7) is 4.19. The Morgan fingerprint density at radius 1 is 0.905 bits per heavy atom. The van der Waals surface area contributed by atoms with E-state index in [1.807, 2.05) is 36.6 Å². The zero-order valence-electron chi connectivity index (χ0n) is 23.2. The van der Waals surface area contributed by atoms with Gasteiger partial charge in [0.1, 0.15) is 17.5 Å². The molecule has 1 aliphatic heterocycles. The Bertz CT molecular complexity index is 1890. The summed E-state index contributed by atoms with van der Waals surface area (Å²) in [5.74, 6) is 0.992. The number of furan rings is 1. The SMILES string of the molecule is C=C(/C=C\C=C1/Sc2ccccc21)/C=N\C(Nc1ccc(-c2cccc3c4c(oc23)C=CCC4)cc1)c1ccccc1. The molecule has 0 saturated heterocycles. The van der Waals surface area contributed by atoms with Crippen LogP contribution in [0.2, 0.25) is 0 Å². The third kappa shape index (κ3) is 5.29. The van der Waals surface area contributed by atoms with Crippen molar-refractivity contribution >= 4 is 45.6 Å². The Morgan fingerprint density at radius 3 is 2.57 bits per heavy atom. The molecule has 2 aliphatic rings. The second kappa shape index (κ2) is 11.6. The molecule has 0 bridgehead atoms. The van der Waals surface area contributed by atoms with Crippen LogP contribution in [-0.4, -0.2) is 6.21 Å². The summed E-state index contributed by atoms with van der Waals surface area (Å²) in [6.07, 6.45) is 14.1. The van der Waals surface area contributed by atoms with Gasteiger partial charge in [-0.1, -0.05) is 115 Å². The fourth-order valence-electron chi connectivity index (χ4n) is 5.46. The molecule has 4 aromatic carbocycles. The first-order valence-electron chi connectivity index (χ1n) is 14.2. The highest BCUT2D eigenvalue weighted by atomic mass is 32.2. The summed E-state index contributed by atoms with van der Waals surface area (Å²) in [4.78, 5) is 7.49. The minimum Gasteiger partial charge on any atom is -0.456 e. The normalized spacial score (nSPS) is 15.6. The van der Waals surface area contributed by atoms with Crippen LogP contribution in [0.25, 0.3) is 33.1 Å². The Morgan fingerprint density at radius 2 is 1.71 bits per heavy atom. The monoisotopic (exact) mass is 562 g/mol. The third-order valence-corrected chi connectivity index (χ3v) is 8.77. The highest BCUT2D eigenvalue weighted by Gasteiger charge is 2.19. The minimum absolute atomic E-state index is 0.248. The van der Waals surface area contributed by atoms with E-state index >= 15 is 0 Å². The zero-order chi connectivity index (χ0) is 28.3. The van der Waals surface area contributed by atoms with E-state index in [1.54, 1.807) is 11.8 Å². The first-order valence-corrected chi connectivity index (χ1v) is 15.1. The van der Waals surface area contributed by atoms with E-state index < -0.39 is 0 Å². The molecule has 1 N–H and O–H groups in total. The van der Waals surface area contributed by atoms with Gasteiger partial charge in [0.05, 0.1) is 0 Å². The van der Waals surface area contributed by atoms with Crippen LogP contribution in [-0.2, 0) is 6.42 Å². The molecule has 3 nitrogen and oxygen atoms in total. The van der Waals surface area contributed by atoms with Gasteiger partial charge < -0.3 is 9.73 Å². The largest absolute Gasteiger partial charge is 0.456 e. The number of aliphatic imine (C=N–C) groups is 1. The van der Waals surface area contributed by atoms with Crippen molar-refractivity contribution in [3.8, 4) is 11.1 Å². The number of benzene rings is 4. The lowest BCUT2D eigenvalue weighted by Gasteiger charge is -2.20. The molecule has 0 spiro atoms. The minimum atomic E-state index is -0.248. The number of nitrogens with zero attached hydrogens (tertiary/aromatic N) is 1. The molecule has 0 radical (unpaired) electrons. The summed E-state index contributed by atoms with van der Waals surface area (Å²) in [7, 11) is 0. The smallest absolute Gasteiger partial charge is 0.144 e. The van der Waals surface area contributed by atoms with Crippen LogP contribution < -0.4 is 5.32 Å². The number of nitrogens with one attached hydrogen (secondary N) is 1. The van der Waals surface area contributed by atoms with Crippen LogP contribution in [0.5, 0.6) is 0 Å². The molecule has 7 rings (SSSR count). The van der Waals surface area contributed by atoms with Crippen molar-refractivity contribution in [3.05, 3.63) is 156 Å². The van der Waals surface area contributed by atoms with Crippen LogP contribution >= 0.6 is 11.8 Å². The van der Waals surface area contributed by atoms with Crippen molar-refractivity contribution in [2.75, 3.05) is 5.32 Å². The lowest BCUT2D eigenvalue weighted by Crippen LogP contribution is -2.08. The molecule has 1 unspecified atom stereocenters. The van der Waals surface area contributed by atoms with E-state index in [-0.39, 0.29) is 6.17 Å². The van der Waals surface area contributed by atoms with Crippen LogP contribution in [0, 0.1) is 0 Å². The molecule has 42 heavy (non-hydrogen) atoms. The average molecular weight is 563 g/mol. The van der Waals surface area contributed by atoms with Crippen molar-refractivity contribution in [2.24, 2.45) is 4.99 Å². The topological polar surface area (TPSA) is 37.5 Å². The molecule has 5 aromatic rings. The summed E-state index contributed by atoms with van der Waals surface area (Å²) < 4.78 is 6.31. The predicted octanol–water partition coefficient (Wildman–Crippen LogP) is 10.5. The third-order valence-electron chi connectivity index (χ3n) is 7.61. The van der Waals surface area contributed by atoms with E-state index in [9.17, 15) is 0 Å². The van der Waals surface area contributed by atoms with Gasteiger partial charge in [-0.2, -0.15) is 0 Å². The highest BCUT2D eigenvalue weighted by molar-refractivity contribution is 8.10. The van der Waals surface area contributed by atoms with Crippen molar-refractivity contribution in [2.45, 2.75) is 23.9 Å². The number of allylic oxidation sites excluding steroid dienone is 5. The molecular formula is C38H30N2OS. The first kappa shape index (κ1) is 26.1. The van der Waals surface area contributed by atoms with Gasteiger partial charge in [-0.3, -0.25) is 4.99 Å². The molecule has 1 aromatic heterocycles. The maximum Gasteiger partial charge on any atom is 0.144 e. The van der Waals surface area contributed by atoms with Gasteiger partial charge in [-0.25, -0.2) is 0 Å². The van der Waals surface area contributed by atoms with Crippen LogP contribution in [0.1, 0.15) is 35.0 Å². The number of para-hydroxylation sites is 1. The number of anilines is 1. The molecule has 0 saturated carbocycles. The fraction of sp³-hybridized carbons (Fsp3) is 0.0789. The van der Waals surface area contributed by atoms with Crippen LogP contribution in [0.15, 0.2) is 148 Å². The van der Waals surface area contributed by atoms with Crippen LogP contribution in [0.3, 0.4) is 0 Å². The quantitative estimate of drug-likeness (QED) is 0.151. The Hall–Kier alpha value is -4.80. The van der Waals surface area contributed by atoms with Crippen molar-refractivity contribution < 1.29 is 4.42 Å². The number of fused-ring (bicyclic) bond motifs is 4. The predicted molar refractivity (Wildman–Crippen MR) is 179 cm³/mol. The summed E-state index contributed by atoms with van der Waals surface area (Å²) in [6, 6.07) is 33.7. The number of thioether (sulfide) groups is 1. The number of hydrogen-bond acceptors (Lipinski definition) is 4. The molecule has 0 fully saturated rings. The summed E-state index contributed by atoms with van der Waals surface area (Å²) in [5.41, 5.74) is 8.74. The summed E-state index contributed by atoms with van der Waals surface area (Å²) >= 11 is 1.80. The van der Waals surface area contributed by atoms with E-state index in [2.05, 4.69) is 109 Å². The molecule has 4 heteroatoms. The Balaban J connectivity index is 1.08. The van der Waals surface area contributed by atoms with Crippen molar-refractivity contribution in [3.63, 3.8) is 0 Å². The average Bonchev–Trinajstić information content (AvgIpc) is 3.41. The standard InChI is InChI=1S/C38H30N2OS/c1-26(11-9-20-36-33-15-6-8-19-35(33)42-36)25-39-38(28-12-3-2-4-13-28)40-29-23-21-27(22-24-29)30-16-10-17-32-31-14-5-7-18-34(31)41-37(30)32/h2-4,6-13,15-25,38,40H,1,5,14H2/b11-9-,36-20-,39-25-. The van der Waals surface area contributed by atoms with E-state index in [0.29, 0.717) is 0 Å². The van der Waals surface area contributed by atoms with Crippen molar-refractivity contribution in [1.29, 1.82) is 0 Å². The van der Waals surface area contributed by atoms with E-state index in [4.69, 9.17) is 9.41 Å². The number of rotatable bonds is 8. The van der Waals surface area contributed by atoms with Gasteiger partial charge in [0.15, 0.2) is 0 Å². The number of hydrogen-bond donors (Lipinski definition) is 1. The molecule has 1 atom stereocenters. The van der Waals surface area contributed by atoms with Crippen molar-refractivity contribution in [1.82, 2.24) is 0 Å². The molecule has 2 heterocycles. The van der Waals surface area contributed by atoms with Crippen LogP contribution in [0.4, 0.5) is 5.69 Å². The maximum atomic E-state index is 6.31. The maximum absolute atomic E-state index is 6.31. The lowest BCUT2D eigenvalue weighted by atomic mass is 9.98. The summed E-state index contributed by atoms with van der Waals surface area (Å²) in [5, 5.41) is 4.82. The van der Waals surface area contributed by atoms with Gasteiger partial charge in [-0.05, 0) is 59.9 Å². The van der Waals surface area contributed by atoms with Gasteiger partial charge in [0, 0.05) is 43.8 Å². The van der Waals surface area contributed by atoms with E-state index in [0.717, 1.165) is 52.1 Å². The second-order valence-electron chi connectivity index (χ2n) is 10.4. The van der Waals surface area contributed by atoms with Gasteiger partial charge >= 0.3 is 0 Å². The molecule has 1 aliphatic carbocycles. The first-order chi connectivity index (χ1) is 20.7. The molecular weight excluding hydrogens is 532 g/mol. The van der Waals surface area contributed by atoms with E-state index in [1.165, 1.54) is 26.3 Å².